The first-order valence-electron chi connectivity index (χ1n) is 8.78. The van der Waals surface area contributed by atoms with E-state index in [4.69, 9.17) is 33.7 Å². The Morgan fingerprint density at radius 1 is 1.25 bits per heavy atom. The van der Waals surface area contributed by atoms with Crippen LogP contribution in [0.4, 0.5) is 5.69 Å². The standard InChI is InChI=1S/C19H21Cl2N5O2/c1-4-12-7-14(10-25(11(2)3)18(12)27)28-17-15(20)8-13(9-16(17)21)26-19(22)23-5-6-24-26/h5-11,24H,4H2,1-3H3,(H2,22,23). The van der Waals surface area contributed by atoms with E-state index in [1.165, 1.54) is 5.01 Å². The third-order valence-electron chi connectivity index (χ3n) is 4.20. The molecule has 0 unspecified atom stereocenters. The molecular weight excluding hydrogens is 401 g/mol. The third kappa shape index (κ3) is 3.95. The number of pyridine rings is 1. The van der Waals surface area contributed by atoms with Crippen molar-refractivity contribution in [3.05, 3.63) is 62.8 Å². The normalized spacial score (nSPS) is 13.5. The second kappa shape index (κ2) is 8.16. The number of benzene rings is 1. The highest BCUT2D eigenvalue weighted by Crippen LogP contribution is 2.39. The molecule has 148 valence electrons. The highest BCUT2D eigenvalue weighted by atomic mass is 35.5. The number of nitrogens with zero attached hydrogens (tertiary/aromatic N) is 3. The molecule has 0 saturated heterocycles. The number of aliphatic imine (C=N–C) groups is 1. The Kier molecular flexibility index (Phi) is 5.86. The highest BCUT2D eigenvalue weighted by molar-refractivity contribution is 6.37. The van der Waals surface area contributed by atoms with Gasteiger partial charge in [0.2, 0.25) is 5.96 Å². The molecule has 0 amide bonds. The van der Waals surface area contributed by atoms with E-state index in [9.17, 15) is 4.79 Å². The molecule has 1 aromatic carbocycles. The molecule has 0 bridgehead atoms. The molecule has 2 heterocycles. The predicted molar refractivity (Wildman–Crippen MR) is 113 cm³/mol. The Morgan fingerprint density at radius 3 is 2.50 bits per heavy atom. The van der Waals surface area contributed by atoms with E-state index in [-0.39, 0.29) is 17.6 Å². The quantitative estimate of drug-likeness (QED) is 0.755. The van der Waals surface area contributed by atoms with Gasteiger partial charge < -0.3 is 15.0 Å². The number of nitrogens with two attached hydrogens (primary N) is 1. The zero-order valence-electron chi connectivity index (χ0n) is 15.7. The average Bonchev–Trinajstić information content (AvgIpc) is 2.65. The van der Waals surface area contributed by atoms with Gasteiger partial charge in [-0.15, -0.1) is 0 Å². The van der Waals surface area contributed by atoms with Crippen molar-refractivity contribution in [1.82, 2.24) is 9.99 Å². The predicted octanol–water partition coefficient (Wildman–Crippen LogP) is 4.20. The second-order valence-electron chi connectivity index (χ2n) is 6.47. The molecule has 0 saturated carbocycles. The fourth-order valence-electron chi connectivity index (χ4n) is 2.77. The number of halogens is 2. The zero-order valence-corrected chi connectivity index (χ0v) is 17.3. The Hall–Kier alpha value is -2.64. The summed E-state index contributed by atoms with van der Waals surface area (Å²) in [4.78, 5) is 16.5. The van der Waals surface area contributed by atoms with Crippen molar-refractivity contribution in [2.45, 2.75) is 33.2 Å². The van der Waals surface area contributed by atoms with Crippen LogP contribution in [0.1, 0.15) is 32.4 Å². The van der Waals surface area contributed by atoms with Crippen LogP contribution < -0.4 is 26.5 Å². The van der Waals surface area contributed by atoms with Crippen LogP contribution in [0.2, 0.25) is 10.0 Å². The lowest BCUT2D eigenvalue weighted by molar-refractivity contribution is 0.464. The van der Waals surface area contributed by atoms with Gasteiger partial charge in [0.15, 0.2) is 5.75 Å². The van der Waals surface area contributed by atoms with Crippen molar-refractivity contribution < 1.29 is 4.74 Å². The van der Waals surface area contributed by atoms with Crippen LogP contribution in [0.15, 0.2) is 46.6 Å². The largest absolute Gasteiger partial charge is 0.453 e. The molecule has 3 N–H and O–H groups in total. The number of aromatic nitrogens is 1. The Labute approximate surface area is 173 Å². The van der Waals surface area contributed by atoms with Crippen LogP contribution in [0, 0.1) is 0 Å². The van der Waals surface area contributed by atoms with Crippen LogP contribution in [-0.2, 0) is 6.42 Å². The minimum Gasteiger partial charge on any atom is -0.453 e. The first kappa shape index (κ1) is 20.1. The summed E-state index contributed by atoms with van der Waals surface area (Å²) in [6, 6.07) is 5.03. The van der Waals surface area contributed by atoms with Crippen LogP contribution in [0.3, 0.4) is 0 Å². The number of ether oxygens (including phenoxy) is 1. The van der Waals surface area contributed by atoms with E-state index in [1.54, 1.807) is 41.4 Å². The van der Waals surface area contributed by atoms with Gasteiger partial charge in [0.1, 0.15) is 5.75 Å². The Morgan fingerprint density at radius 2 is 1.93 bits per heavy atom. The maximum Gasteiger partial charge on any atom is 0.254 e. The minimum absolute atomic E-state index is 0.00448. The summed E-state index contributed by atoms with van der Waals surface area (Å²) in [5.74, 6) is 1.04. The maximum absolute atomic E-state index is 12.4. The highest BCUT2D eigenvalue weighted by Gasteiger charge is 2.18. The number of hydrogen-bond acceptors (Lipinski definition) is 6. The molecule has 2 aromatic rings. The summed E-state index contributed by atoms with van der Waals surface area (Å²) >= 11 is 12.9. The molecule has 9 heteroatoms. The SMILES string of the molecule is CCc1cc(Oc2c(Cl)cc(N3NC=CN=C3N)cc2Cl)cn(C(C)C)c1=O. The topological polar surface area (TPSA) is 84.9 Å². The van der Waals surface area contributed by atoms with Gasteiger partial charge in [-0.3, -0.25) is 10.2 Å². The van der Waals surface area contributed by atoms with Gasteiger partial charge in [-0.2, -0.15) is 0 Å². The molecule has 0 spiro atoms. The molecule has 1 aliphatic heterocycles. The third-order valence-corrected chi connectivity index (χ3v) is 4.77. The number of hydrogen-bond donors (Lipinski definition) is 2. The first-order chi connectivity index (χ1) is 13.3. The Bertz CT molecular complexity index is 991. The summed E-state index contributed by atoms with van der Waals surface area (Å²) in [5.41, 5.74) is 10.1. The van der Waals surface area contributed by atoms with Gasteiger partial charge in [0.25, 0.3) is 5.56 Å². The average molecular weight is 422 g/mol. The molecule has 28 heavy (non-hydrogen) atoms. The number of aryl methyl sites for hydroxylation is 1. The molecule has 0 aliphatic carbocycles. The number of rotatable bonds is 5. The molecule has 3 rings (SSSR count). The zero-order chi connectivity index (χ0) is 20.4. The number of guanidine groups is 1. The van der Waals surface area contributed by atoms with E-state index in [1.807, 2.05) is 20.8 Å². The number of hydrazine groups is 1. The van der Waals surface area contributed by atoms with Crippen molar-refractivity contribution in [2.24, 2.45) is 10.7 Å². The van der Waals surface area contributed by atoms with Gasteiger partial charge in [-0.1, -0.05) is 30.1 Å². The molecule has 0 atom stereocenters. The molecule has 0 radical (unpaired) electrons. The van der Waals surface area contributed by atoms with Crippen LogP contribution in [0.25, 0.3) is 0 Å². The van der Waals surface area contributed by atoms with Crippen molar-refractivity contribution in [3.8, 4) is 11.5 Å². The summed E-state index contributed by atoms with van der Waals surface area (Å²) in [6.07, 6.45) is 5.43. The van der Waals surface area contributed by atoms with Crippen LogP contribution in [0.5, 0.6) is 11.5 Å². The van der Waals surface area contributed by atoms with Gasteiger partial charge in [-0.25, -0.2) is 10.0 Å². The van der Waals surface area contributed by atoms with Crippen molar-refractivity contribution in [2.75, 3.05) is 5.01 Å². The smallest absolute Gasteiger partial charge is 0.254 e. The first-order valence-corrected chi connectivity index (χ1v) is 9.54. The Balaban J connectivity index is 1.97. The second-order valence-corrected chi connectivity index (χ2v) is 7.28. The van der Waals surface area contributed by atoms with Gasteiger partial charge >= 0.3 is 0 Å². The van der Waals surface area contributed by atoms with Gasteiger partial charge in [0, 0.05) is 24.0 Å². The fourth-order valence-corrected chi connectivity index (χ4v) is 3.32. The van der Waals surface area contributed by atoms with Crippen LogP contribution >= 0.6 is 23.2 Å². The van der Waals surface area contributed by atoms with Gasteiger partial charge in [-0.05, 0) is 38.5 Å². The molecular formula is C19H21Cl2N5O2. The van der Waals surface area contributed by atoms with Crippen molar-refractivity contribution in [3.63, 3.8) is 0 Å². The van der Waals surface area contributed by atoms with Crippen LogP contribution in [-0.4, -0.2) is 10.5 Å². The molecule has 0 fully saturated rings. The van der Waals surface area contributed by atoms with E-state index >= 15 is 0 Å². The van der Waals surface area contributed by atoms with E-state index in [2.05, 4.69) is 10.4 Å². The van der Waals surface area contributed by atoms with Gasteiger partial charge in [0.05, 0.1) is 21.9 Å². The van der Waals surface area contributed by atoms with Crippen molar-refractivity contribution in [1.29, 1.82) is 0 Å². The molecule has 1 aliphatic rings. The maximum atomic E-state index is 12.4. The summed E-state index contributed by atoms with van der Waals surface area (Å²) in [7, 11) is 0. The number of nitrogens with one attached hydrogen (secondary N) is 1. The lowest BCUT2D eigenvalue weighted by Crippen LogP contribution is -2.46. The van der Waals surface area contributed by atoms with E-state index < -0.39 is 0 Å². The molecule has 1 aromatic heterocycles. The van der Waals surface area contributed by atoms with Crippen molar-refractivity contribution >= 4 is 34.8 Å². The molecule has 7 nitrogen and oxygen atoms in total. The van der Waals surface area contributed by atoms with E-state index in [0.29, 0.717) is 39.2 Å². The summed E-state index contributed by atoms with van der Waals surface area (Å²) < 4.78 is 7.59. The van der Waals surface area contributed by atoms with E-state index in [0.717, 1.165) is 0 Å². The fraction of sp³-hybridized carbons (Fsp3) is 0.263. The summed E-state index contributed by atoms with van der Waals surface area (Å²) in [5, 5.41) is 2.13. The summed E-state index contributed by atoms with van der Waals surface area (Å²) in [6.45, 7) is 5.79. The minimum atomic E-state index is -0.0311. The number of anilines is 1. The lowest BCUT2D eigenvalue weighted by Gasteiger charge is -2.25. The monoisotopic (exact) mass is 421 g/mol. The lowest BCUT2D eigenvalue weighted by atomic mass is 10.2.